The zero-order valence-corrected chi connectivity index (χ0v) is 21.6. The fourth-order valence-corrected chi connectivity index (χ4v) is 5.55. The van der Waals surface area contributed by atoms with Gasteiger partial charge in [-0.2, -0.15) is 5.10 Å². The molecule has 2 aromatic carbocycles. The molecule has 0 saturated carbocycles. The van der Waals surface area contributed by atoms with Crippen molar-refractivity contribution in [2.45, 2.75) is 25.1 Å². The molecule has 5 aromatic rings. The monoisotopic (exact) mass is 552 g/mol. The largest absolute Gasteiger partial charge is 0.454 e. The van der Waals surface area contributed by atoms with Gasteiger partial charge in [-0.05, 0) is 31.2 Å². The fraction of sp³-hybridized carbons (Fsp3) is 0.231. The van der Waals surface area contributed by atoms with E-state index in [4.69, 9.17) is 9.47 Å². The van der Waals surface area contributed by atoms with Crippen LogP contribution in [0.25, 0.3) is 16.2 Å². The number of ether oxygens (including phenoxy) is 2. The van der Waals surface area contributed by atoms with Gasteiger partial charge in [-0.25, -0.2) is 23.4 Å². The van der Waals surface area contributed by atoms with Crippen LogP contribution >= 0.6 is 11.3 Å². The van der Waals surface area contributed by atoms with Crippen LogP contribution in [0.5, 0.6) is 11.5 Å². The maximum absolute atomic E-state index is 14.9. The van der Waals surface area contributed by atoms with Crippen LogP contribution in [0, 0.1) is 11.6 Å². The number of fused-ring (bicyclic) bond motifs is 2. The summed E-state index contributed by atoms with van der Waals surface area (Å²) in [6.07, 6.45) is 6.11. The molecule has 13 heteroatoms. The minimum atomic E-state index is -1.96. The number of rotatable bonds is 7. The number of amides is 1. The summed E-state index contributed by atoms with van der Waals surface area (Å²) >= 11 is 1.18. The second-order valence-electron chi connectivity index (χ2n) is 9.21. The van der Waals surface area contributed by atoms with E-state index >= 15 is 0 Å². The topological polar surface area (TPSA) is 107 Å². The number of hydrogen-bond acceptors (Lipinski definition) is 8. The molecule has 0 unspecified atom stereocenters. The second kappa shape index (κ2) is 9.43. The maximum Gasteiger partial charge on any atom is 0.265 e. The summed E-state index contributed by atoms with van der Waals surface area (Å²) < 4.78 is 42.4. The van der Waals surface area contributed by atoms with E-state index in [1.807, 2.05) is 18.2 Å². The minimum absolute atomic E-state index is 0.166. The molecule has 0 saturated heterocycles. The van der Waals surface area contributed by atoms with E-state index in [1.165, 1.54) is 46.7 Å². The zero-order valence-electron chi connectivity index (χ0n) is 20.8. The minimum Gasteiger partial charge on any atom is -0.454 e. The van der Waals surface area contributed by atoms with Gasteiger partial charge in [0.05, 0.1) is 18.3 Å². The Morgan fingerprint density at radius 1 is 1.21 bits per heavy atom. The van der Waals surface area contributed by atoms with Crippen molar-refractivity contribution < 1.29 is 28.2 Å². The Balaban J connectivity index is 1.28. The highest BCUT2D eigenvalue weighted by Gasteiger charge is 2.43. The first-order valence-electron chi connectivity index (χ1n) is 11.9. The number of hydrogen-bond donors (Lipinski definition) is 1. The standard InChI is InChI=1S/C26H22F2N6O4S/c1-15(26(36,11-34-13-29-12-30-34)18-5-4-17(27)8-19(18)28)32(2)24(35)23-10-33-9-20(31-25(33)39-23)16-3-6-21-22(7-16)38-14-37-21/h3-10,12-13,15,36H,11,14H2,1-2H3/t15-,26-/m1/s1. The van der Waals surface area contributed by atoms with Crippen molar-refractivity contribution in [3.63, 3.8) is 0 Å². The Kier molecular flexibility index (Phi) is 6.03. The molecule has 10 nitrogen and oxygen atoms in total. The summed E-state index contributed by atoms with van der Waals surface area (Å²) in [4.78, 5) is 24.3. The molecule has 0 spiro atoms. The number of likely N-dealkylation sites (N-methyl/N-ethyl adjacent to an activating group) is 1. The van der Waals surface area contributed by atoms with Crippen LogP contribution in [0.4, 0.5) is 8.78 Å². The highest BCUT2D eigenvalue weighted by molar-refractivity contribution is 7.18. The molecule has 4 heterocycles. The van der Waals surface area contributed by atoms with Crippen LogP contribution in [0.3, 0.4) is 0 Å². The number of imidazole rings is 1. The average molecular weight is 553 g/mol. The van der Waals surface area contributed by atoms with Crippen molar-refractivity contribution in [3.8, 4) is 22.8 Å². The molecule has 3 aromatic heterocycles. The van der Waals surface area contributed by atoms with Gasteiger partial charge < -0.3 is 19.5 Å². The first kappa shape index (κ1) is 24.9. The molecule has 6 rings (SSSR count). The number of carbonyl (C=O) groups is 1. The van der Waals surface area contributed by atoms with E-state index in [0.717, 1.165) is 11.6 Å². The third-order valence-electron chi connectivity index (χ3n) is 6.89. The molecule has 0 radical (unpaired) electrons. The molecule has 0 bridgehead atoms. The highest BCUT2D eigenvalue weighted by Crippen LogP contribution is 2.37. The molecule has 1 aliphatic heterocycles. The maximum atomic E-state index is 14.9. The molecule has 1 N–H and O–H groups in total. The van der Waals surface area contributed by atoms with Crippen molar-refractivity contribution >= 4 is 22.2 Å². The van der Waals surface area contributed by atoms with Crippen LogP contribution in [0.15, 0.2) is 61.4 Å². The normalized spacial score (nSPS) is 14.9. The Labute approximate surface area is 224 Å². The Hall–Kier alpha value is -4.36. The third kappa shape index (κ3) is 4.38. The SMILES string of the molecule is C[C@@H](N(C)C(=O)c1cn2cc(-c3ccc4c(c3)OCO4)nc2s1)[C@](O)(Cn1cncn1)c1ccc(F)cc1F. The first-order valence-corrected chi connectivity index (χ1v) is 12.7. The Morgan fingerprint density at radius 2 is 2.03 bits per heavy atom. The number of nitrogens with zero attached hydrogens (tertiary/aromatic N) is 6. The lowest BCUT2D eigenvalue weighted by Gasteiger charge is -2.39. The summed E-state index contributed by atoms with van der Waals surface area (Å²) in [5, 5.41) is 15.8. The summed E-state index contributed by atoms with van der Waals surface area (Å²) in [6, 6.07) is 7.53. The Morgan fingerprint density at radius 3 is 2.77 bits per heavy atom. The van der Waals surface area contributed by atoms with Gasteiger partial charge in [0.15, 0.2) is 16.5 Å². The van der Waals surface area contributed by atoms with E-state index in [2.05, 4.69) is 15.1 Å². The van der Waals surface area contributed by atoms with E-state index in [9.17, 15) is 18.7 Å². The van der Waals surface area contributed by atoms with Crippen molar-refractivity contribution in [2.24, 2.45) is 0 Å². The third-order valence-corrected chi connectivity index (χ3v) is 7.88. The van der Waals surface area contributed by atoms with Crippen LogP contribution in [-0.4, -0.2) is 59.9 Å². The number of benzene rings is 2. The van der Waals surface area contributed by atoms with Gasteiger partial charge in [0.2, 0.25) is 6.79 Å². The van der Waals surface area contributed by atoms with Gasteiger partial charge in [-0.15, -0.1) is 0 Å². The molecule has 0 fully saturated rings. The predicted molar refractivity (Wildman–Crippen MR) is 136 cm³/mol. The van der Waals surface area contributed by atoms with Crippen LogP contribution in [0.2, 0.25) is 0 Å². The summed E-state index contributed by atoms with van der Waals surface area (Å²) in [5.41, 5.74) is -0.580. The van der Waals surface area contributed by atoms with Crippen LogP contribution in [0.1, 0.15) is 22.2 Å². The van der Waals surface area contributed by atoms with Gasteiger partial charge in [-0.3, -0.25) is 9.20 Å². The summed E-state index contributed by atoms with van der Waals surface area (Å²) in [5.74, 6) is -0.794. The Bertz CT molecular complexity index is 1660. The number of aliphatic hydroxyl groups is 1. The molecule has 200 valence electrons. The van der Waals surface area contributed by atoms with Crippen LogP contribution in [-0.2, 0) is 12.1 Å². The number of halogens is 2. The van der Waals surface area contributed by atoms with Gasteiger partial charge >= 0.3 is 0 Å². The van der Waals surface area contributed by atoms with Crippen LogP contribution < -0.4 is 9.47 Å². The molecular formula is C26H22F2N6O4S. The highest BCUT2D eigenvalue weighted by atomic mass is 32.1. The van der Waals surface area contributed by atoms with Crippen molar-refractivity contribution in [1.29, 1.82) is 0 Å². The van der Waals surface area contributed by atoms with E-state index < -0.39 is 29.2 Å². The molecule has 1 amide bonds. The molecule has 39 heavy (non-hydrogen) atoms. The van der Waals surface area contributed by atoms with Gasteiger partial charge in [0, 0.05) is 36.6 Å². The molecule has 2 atom stereocenters. The van der Waals surface area contributed by atoms with Crippen molar-refractivity contribution in [2.75, 3.05) is 13.8 Å². The summed E-state index contributed by atoms with van der Waals surface area (Å²) in [7, 11) is 1.52. The number of thiazole rings is 1. The lowest BCUT2D eigenvalue weighted by molar-refractivity contribution is -0.0499. The van der Waals surface area contributed by atoms with Crippen molar-refractivity contribution in [3.05, 3.63) is 83.5 Å². The molecular weight excluding hydrogens is 530 g/mol. The predicted octanol–water partition coefficient (Wildman–Crippen LogP) is 3.71. The molecule has 1 aliphatic rings. The van der Waals surface area contributed by atoms with E-state index in [-0.39, 0.29) is 18.9 Å². The number of aromatic nitrogens is 5. The summed E-state index contributed by atoms with van der Waals surface area (Å²) in [6.45, 7) is 1.55. The smallest absolute Gasteiger partial charge is 0.265 e. The second-order valence-corrected chi connectivity index (χ2v) is 10.2. The van der Waals surface area contributed by atoms with E-state index in [1.54, 1.807) is 23.7 Å². The lowest BCUT2D eigenvalue weighted by Crippen LogP contribution is -2.52. The fourth-order valence-electron chi connectivity index (χ4n) is 4.60. The average Bonchev–Trinajstić information content (AvgIpc) is 3.71. The first-order chi connectivity index (χ1) is 18.7. The quantitative estimate of drug-likeness (QED) is 0.328. The van der Waals surface area contributed by atoms with Gasteiger partial charge in [-0.1, -0.05) is 17.4 Å². The molecule has 0 aliphatic carbocycles. The van der Waals surface area contributed by atoms with Crippen molar-refractivity contribution in [1.82, 2.24) is 29.0 Å². The number of carbonyl (C=O) groups excluding carboxylic acids is 1. The van der Waals surface area contributed by atoms with Gasteiger partial charge in [0.25, 0.3) is 5.91 Å². The van der Waals surface area contributed by atoms with E-state index in [0.29, 0.717) is 33.1 Å². The van der Waals surface area contributed by atoms with Gasteiger partial charge in [0.1, 0.15) is 34.8 Å². The zero-order chi connectivity index (χ0) is 27.3. The lowest BCUT2D eigenvalue weighted by atomic mass is 9.85.